The van der Waals surface area contributed by atoms with Gasteiger partial charge in [0.15, 0.2) is 5.69 Å². The lowest BCUT2D eigenvalue weighted by molar-refractivity contribution is -0.140. The second-order valence-corrected chi connectivity index (χ2v) is 4.06. The van der Waals surface area contributed by atoms with Crippen LogP contribution in [0.25, 0.3) is 0 Å². The molecule has 3 heterocycles. The van der Waals surface area contributed by atoms with Crippen LogP contribution in [0.15, 0.2) is 36.7 Å². The van der Waals surface area contributed by atoms with Gasteiger partial charge in [-0.15, -0.1) is 0 Å². The number of nitrogens with one attached hydrogen (secondary N) is 1. The zero-order chi connectivity index (χ0) is 13.5. The van der Waals surface area contributed by atoms with E-state index in [9.17, 15) is 13.2 Å². The molecule has 98 valence electrons. The standard InChI is InChI=1S/C12H9F3N4/c13-12(14,15)11-10(4-2-6-17-11)19-7-9-8(18-19)3-1-5-16-9/h1-6,18H,7H2. The van der Waals surface area contributed by atoms with E-state index in [0.29, 0.717) is 11.4 Å². The van der Waals surface area contributed by atoms with Gasteiger partial charge < -0.3 is 0 Å². The van der Waals surface area contributed by atoms with Crippen molar-refractivity contribution in [2.45, 2.75) is 12.7 Å². The van der Waals surface area contributed by atoms with Crippen molar-refractivity contribution in [2.24, 2.45) is 0 Å². The Labute approximate surface area is 106 Å². The summed E-state index contributed by atoms with van der Waals surface area (Å²) in [5.74, 6) is 0. The Hall–Kier alpha value is -2.31. The van der Waals surface area contributed by atoms with Crippen LogP contribution in [0.5, 0.6) is 0 Å². The van der Waals surface area contributed by atoms with E-state index in [1.165, 1.54) is 17.1 Å². The van der Waals surface area contributed by atoms with Crippen molar-refractivity contribution in [1.82, 2.24) is 9.97 Å². The zero-order valence-electron chi connectivity index (χ0n) is 9.65. The highest BCUT2D eigenvalue weighted by atomic mass is 19.4. The summed E-state index contributed by atoms with van der Waals surface area (Å²) in [7, 11) is 0. The number of rotatable bonds is 1. The highest BCUT2D eigenvalue weighted by Crippen LogP contribution is 2.37. The van der Waals surface area contributed by atoms with Crippen molar-refractivity contribution in [3.8, 4) is 0 Å². The molecular weight excluding hydrogens is 257 g/mol. The van der Waals surface area contributed by atoms with Crippen LogP contribution in [-0.2, 0) is 12.7 Å². The number of fused-ring (bicyclic) bond motifs is 1. The van der Waals surface area contributed by atoms with Crippen LogP contribution < -0.4 is 10.4 Å². The summed E-state index contributed by atoms with van der Waals surface area (Å²) >= 11 is 0. The summed E-state index contributed by atoms with van der Waals surface area (Å²) in [5.41, 5.74) is 3.40. The molecule has 1 aliphatic rings. The summed E-state index contributed by atoms with van der Waals surface area (Å²) in [5, 5.41) is 1.40. The lowest BCUT2D eigenvalue weighted by Gasteiger charge is -2.21. The molecule has 0 saturated heterocycles. The third-order valence-electron chi connectivity index (χ3n) is 2.80. The second kappa shape index (κ2) is 4.11. The zero-order valence-corrected chi connectivity index (χ0v) is 9.65. The highest BCUT2D eigenvalue weighted by molar-refractivity contribution is 5.64. The number of hydrogen-bond donors (Lipinski definition) is 1. The largest absolute Gasteiger partial charge is 0.435 e. The number of alkyl halides is 3. The lowest BCUT2D eigenvalue weighted by atomic mass is 10.2. The number of aromatic nitrogens is 2. The molecule has 0 bridgehead atoms. The van der Waals surface area contributed by atoms with Crippen LogP contribution in [0.3, 0.4) is 0 Å². The summed E-state index contributed by atoms with van der Waals surface area (Å²) < 4.78 is 38.7. The quantitative estimate of drug-likeness (QED) is 0.861. The number of nitrogens with zero attached hydrogens (tertiary/aromatic N) is 3. The molecule has 0 unspecified atom stereocenters. The van der Waals surface area contributed by atoms with Gasteiger partial charge in [-0.05, 0) is 24.3 Å². The Balaban J connectivity index is 1.98. The van der Waals surface area contributed by atoms with Crippen molar-refractivity contribution in [2.75, 3.05) is 10.4 Å². The van der Waals surface area contributed by atoms with Gasteiger partial charge in [0.1, 0.15) is 0 Å². The van der Waals surface area contributed by atoms with Crippen LogP contribution in [0, 0.1) is 0 Å². The first-order valence-electron chi connectivity index (χ1n) is 5.56. The molecule has 1 N–H and O–H groups in total. The highest BCUT2D eigenvalue weighted by Gasteiger charge is 2.37. The molecule has 19 heavy (non-hydrogen) atoms. The molecule has 2 aromatic rings. The SMILES string of the molecule is FC(F)(F)c1ncccc1N1Cc2ncccc2N1. The fourth-order valence-corrected chi connectivity index (χ4v) is 1.98. The number of anilines is 2. The molecule has 0 radical (unpaired) electrons. The molecule has 0 saturated carbocycles. The molecule has 3 rings (SSSR count). The van der Waals surface area contributed by atoms with E-state index < -0.39 is 11.9 Å². The monoisotopic (exact) mass is 266 g/mol. The van der Waals surface area contributed by atoms with Gasteiger partial charge in [0, 0.05) is 12.4 Å². The summed E-state index contributed by atoms with van der Waals surface area (Å²) in [4.78, 5) is 7.55. The molecule has 2 aromatic heterocycles. The van der Waals surface area contributed by atoms with E-state index in [1.54, 1.807) is 18.3 Å². The van der Waals surface area contributed by atoms with Crippen molar-refractivity contribution < 1.29 is 13.2 Å². The number of hydrazine groups is 1. The summed E-state index contributed by atoms with van der Waals surface area (Å²) in [6, 6.07) is 6.35. The first-order valence-corrected chi connectivity index (χ1v) is 5.56. The molecule has 0 atom stereocenters. The molecular formula is C12H9F3N4. The van der Waals surface area contributed by atoms with E-state index in [-0.39, 0.29) is 12.2 Å². The lowest BCUT2D eigenvalue weighted by Crippen LogP contribution is -2.26. The minimum absolute atomic E-state index is 0.00648. The Morgan fingerprint density at radius 2 is 1.84 bits per heavy atom. The smallest absolute Gasteiger partial charge is 0.296 e. The molecule has 0 spiro atoms. The Kier molecular flexibility index (Phi) is 2.55. The minimum Gasteiger partial charge on any atom is -0.296 e. The van der Waals surface area contributed by atoms with Crippen LogP contribution in [0.4, 0.5) is 24.5 Å². The maximum absolute atomic E-state index is 12.9. The van der Waals surface area contributed by atoms with E-state index in [0.717, 1.165) is 6.20 Å². The van der Waals surface area contributed by atoms with E-state index in [2.05, 4.69) is 15.4 Å². The van der Waals surface area contributed by atoms with Crippen molar-refractivity contribution in [3.05, 3.63) is 48.0 Å². The van der Waals surface area contributed by atoms with Crippen LogP contribution in [0.2, 0.25) is 0 Å². The predicted molar refractivity (Wildman–Crippen MR) is 63.3 cm³/mol. The molecule has 0 aliphatic carbocycles. The van der Waals surface area contributed by atoms with Crippen LogP contribution in [-0.4, -0.2) is 9.97 Å². The first-order chi connectivity index (χ1) is 9.05. The van der Waals surface area contributed by atoms with Gasteiger partial charge in [-0.25, -0.2) is 4.98 Å². The normalized spacial score (nSPS) is 14.2. The van der Waals surface area contributed by atoms with Gasteiger partial charge in [-0.3, -0.25) is 15.4 Å². The van der Waals surface area contributed by atoms with Crippen LogP contribution >= 0.6 is 0 Å². The van der Waals surface area contributed by atoms with E-state index >= 15 is 0 Å². The third-order valence-corrected chi connectivity index (χ3v) is 2.80. The number of halogens is 3. The van der Waals surface area contributed by atoms with Crippen molar-refractivity contribution in [3.63, 3.8) is 0 Å². The molecule has 7 heteroatoms. The average molecular weight is 266 g/mol. The second-order valence-electron chi connectivity index (χ2n) is 4.06. The van der Waals surface area contributed by atoms with Gasteiger partial charge in [0.25, 0.3) is 0 Å². The Morgan fingerprint density at radius 3 is 2.58 bits per heavy atom. The summed E-state index contributed by atoms with van der Waals surface area (Å²) in [6.45, 7) is 0.269. The molecule has 0 amide bonds. The number of hydrogen-bond acceptors (Lipinski definition) is 4. The van der Waals surface area contributed by atoms with Gasteiger partial charge >= 0.3 is 6.18 Å². The fraction of sp³-hybridized carbons (Fsp3) is 0.167. The maximum atomic E-state index is 12.9. The van der Waals surface area contributed by atoms with Crippen LogP contribution in [0.1, 0.15) is 11.4 Å². The van der Waals surface area contributed by atoms with E-state index in [1.807, 2.05) is 0 Å². The Morgan fingerprint density at radius 1 is 1.11 bits per heavy atom. The first kappa shape index (κ1) is 11.8. The molecule has 0 aromatic carbocycles. The van der Waals surface area contributed by atoms with E-state index in [4.69, 9.17) is 0 Å². The van der Waals surface area contributed by atoms with Crippen molar-refractivity contribution in [1.29, 1.82) is 0 Å². The number of pyridine rings is 2. The van der Waals surface area contributed by atoms with Gasteiger partial charge in [-0.2, -0.15) is 13.2 Å². The van der Waals surface area contributed by atoms with Crippen molar-refractivity contribution >= 4 is 11.4 Å². The maximum Gasteiger partial charge on any atom is 0.435 e. The van der Waals surface area contributed by atoms with Gasteiger partial charge in [-0.1, -0.05) is 0 Å². The molecule has 1 aliphatic heterocycles. The Bertz CT molecular complexity index is 587. The third kappa shape index (κ3) is 2.07. The van der Waals surface area contributed by atoms with Gasteiger partial charge in [0.2, 0.25) is 0 Å². The fourth-order valence-electron chi connectivity index (χ4n) is 1.98. The van der Waals surface area contributed by atoms with Gasteiger partial charge in [0.05, 0.1) is 23.6 Å². The summed E-state index contributed by atoms with van der Waals surface area (Å²) in [6.07, 6.45) is -1.74. The topological polar surface area (TPSA) is 41.1 Å². The molecule has 0 fully saturated rings. The average Bonchev–Trinajstić information content (AvgIpc) is 2.81. The minimum atomic E-state index is -4.49. The molecule has 4 nitrogen and oxygen atoms in total. The predicted octanol–water partition coefficient (Wildman–Crippen LogP) is 2.84.